The summed E-state index contributed by atoms with van der Waals surface area (Å²) in [6.45, 7) is 2.20. The van der Waals surface area contributed by atoms with Gasteiger partial charge in [0.05, 0.1) is 0 Å². The Labute approximate surface area is 188 Å². The van der Waals surface area contributed by atoms with Crippen LogP contribution in [0.2, 0.25) is 5.15 Å². The molecule has 0 fully saturated rings. The number of rotatable bonds is 9. The molecule has 0 saturated heterocycles. The van der Waals surface area contributed by atoms with E-state index in [0.29, 0.717) is 11.4 Å². The summed E-state index contributed by atoms with van der Waals surface area (Å²) in [6, 6.07) is 11.0. The van der Waals surface area contributed by atoms with Gasteiger partial charge in [0.25, 0.3) is 0 Å². The standard InChI is InChI=1S/C19H23ClN2O2S.Na.H/c1-2-3-4-5-6-10-13-25-19(23)24-16-14-17(20)21-22-18(16)15-11-8-7-9-12-15;;/h7-9,11-12,14H,2-6,10,13H2,1H3;;/q;+1;-1. The maximum absolute atomic E-state index is 12.1. The fraction of sp³-hybridized carbons (Fsp3) is 0.421. The van der Waals surface area contributed by atoms with E-state index in [1.54, 1.807) is 0 Å². The number of unbranched alkanes of at least 4 members (excludes halogenated alkanes) is 5. The van der Waals surface area contributed by atoms with E-state index in [9.17, 15) is 4.79 Å². The molecule has 0 aliphatic heterocycles. The number of ether oxygens (including phenoxy) is 1. The Bertz CT molecular complexity index is 680. The molecule has 2 aromatic rings. The quantitative estimate of drug-likeness (QED) is 0.365. The average molecular weight is 403 g/mol. The van der Waals surface area contributed by atoms with Crippen molar-refractivity contribution in [2.24, 2.45) is 0 Å². The second-order valence-electron chi connectivity index (χ2n) is 5.71. The minimum atomic E-state index is -0.338. The molecular weight excluding hydrogens is 379 g/mol. The van der Waals surface area contributed by atoms with Crippen molar-refractivity contribution in [2.75, 3.05) is 5.75 Å². The summed E-state index contributed by atoms with van der Waals surface area (Å²) in [5, 5.41) is 7.78. The van der Waals surface area contributed by atoms with Gasteiger partial charge in [-0.2, -0.15) is 0 Å². The summed E-state index contributed by atoms with van der Waals surface area (Å²) in [6.07, 6.45) is 7.20. The van der Waals surface area contributed by atoms with Gasteiger partial charge in [0.1, 0.15) is 5.69 Å². The summed E-state index contributed by atoms with van der Waals surface area (Å²) >= 11 is 7.10. The minimum Gasteiger partial charge on any atom is -1.00 e. The van der Waals surface area contributed by atoms with E-state index in [0.717, 1.165) is 24.2 Å². The Hall–Kier alpha value is -0.590. The molecule has 0 aliphatic carbocycles. The molecule has 0 radical (unpaired) electrons. The molecule has 1 heterocycles. The molecule has 0 spiro atoms. The van der Waals surface area contributed by atoms with Gasteiger partial charge in [-0.05, 0) is 18.2 Å². The molecule has 0 amide bonds. The second-order valence-corrected chi connectivity index (χ2v) is 7.13. The van der Waals surface area contributed by atoms with E-state index < -0.39 is 0 Å². The smallest absolute Gasteiger partial charge is 1.00 e. The maximum atomic E-state index is 12.1. The molecule has 1 aromatic carbocycles. The predicted octanol–water partition coefficient (Wildman–Crippen LogP) is 3.51. The number of hydrogen-bond donors (Lipinski definition) is 0. The van der Waals surface area contributed by atoms with E-state index >= 15 is 0 Å². The predicted molar refractivity (Wildman–Crippen MR) is 105 cm³/mol. The van der Waals surface area contributed by atoms with Crippen molar-refractivity contribution < 1.29 is 40.5 Å². The second kappa shape index (κ2) is 13.6. The molecule has 7 heteroatoms. The fourth-order valence-electron chi connectivity index (χ4n) is 2.38. The molecule has 2 rings (SSSR count). The Morgan fingerprint density at radius 3 is 2.54 bits per heavy atom. The van der Waals surface area contributed by atoms with Crippen molar-refractivity contribution in [2.45, 2.75) is 45.4 Å². The van der Waals surface area contributed by atoms with Crippen molar-refractivity contribution in [1.82, 2.24) is 10.2 Å². The third-order valence-electron chi connectivity index (χ3n) is 3.69. The molecule has 136 valence electrons. The molecule has 0 bridgehead atoms. The van der Waals surface area contributed by atoms with Crippen LogP contribution in [0.15, 0.2) is 36.4 Å². The topological polar surface area (TPSA) is 52.1 Å². The van der Waals surface area contributed by atoms with E-state index in [4.69, 9.17) is 16.3 Å². The van der Waals surface area contributed by atoms with E-state index in [-0.39, 0.29) is 41.4 Å². The minimum absolute atomic E-state index is 0. The number of hydrogen-bond acceptors (Lipinski definition) is 5. The van der Waals surface area contributed by atoms with Gasteiger partial charge in [0.15, 0.2) is 10.9 Å². The van der Waals surface area contributed by atoms with Crippen molar-refractivity contribution in [3.8, 4) is 17.0 Å². The van der Waals surface area contributed by atoms with Crippen LogP contribution in [0.25, 0.3) is 11.3 Å². The Balaban J connectivity index is 0.00000338. The molecule has 0 unspecified atom stereocenters. The summed E-state index contributed by atoms with van der Waals surface area (Å²) in [5.41, 5.74) is 1.34. The molecular formula is C19H24ClN2NaO2S. The van der Waals surface area contributed by atoms with Crippen LogP contribution in [-0.2, 0) is 0 Å². The van der Waals surface area contributed by atoms with Crippen LogP contribution in [0.3, 0.4) is 0 Å². The van der Waals surface area contributed by atoms with Gasteiger partial charge in [-0.25, -0.2) is 4.79 Å². The van der Waals surface area contributed by atoms with E-state index in [2.05, 4.69) is 17.1 Å². The van der Waals surface area contributed by atoms with Gasteiger partial charge in [0, 0.05) is 17.4 Å². The van der Waals surface area contributed by atoms with Gasteiger partial charge >= 0.3 is 34.9 Å². The molecule has 1 aromatic heterocycles. The Morgan fingerprint density at radius 1 is 1.12 bits per heavy atom. The van der Waals surface area contributed by atoms with Crippen molar-refractivity contribution in [3.63, 3.8) is 0 Å². The third kappa shape index (κ3) is 8.40. The summed E-state index contributed by atoms with van der Waals surface area (Å²) in [4.78, 5) is 12.1. The number of nitrogens with zero attached hydrogens (tertiary/aromatic N) is 2. The molecule has 0 saturated carbocycles. The summed E-state index contributed by atoms with van der Waals surface area (Å²) in [7, 11) is 0. The van der Waals surface area contributed by atoms with E-state index in [1.807, 2.05) is 30.3 Å². The van der Waals surface area contributed by atoms with Crippen LogP contribution >= 0.6 is 23.4 Å². The first-order valence-corrected chi connectivity index (χ1v) is 10.0. The van der Waals surface area contributed by atoms with Crippen LogP contribution in [0.1, 0.15) is 46.9 Å². The number of halogens is 1. The normalized spacial score (nSPS) is 10.2. The molecule has 26 heavy (non-hydrogen) atoms. The third-order valence-corrected chi connectivity index (χ3v) is 4.68. The van der Waals surface area contributed by atoms with Gasteiger partial charge < -0.3 is 6.16 Å². The summed E-state index contributed by atoms with van der Waals surface area (Å²) < 4.78 is 5.46. The van der Waals surface area contributed by atoms with Gasteiger partial charge in [0.2, 0.25) is 0 Å². The average Bonchev–Trinajstić information content (AvgIpc) is 2.62. The fourth-order valence-corrected chi connectivity index (χ4v) is 3.18. The van der Waals surface area contributed by atoms with Crippen LogP contribution in [-0.4, -0.2) is 21.3 Å². The Morgan fingerprint density at radius 2 is 1.81 bits per heavy atom. The van der Waals surface area contributed by atoms with Crippen molar-refractivity contribution in [1.29, 1.82) is 0 Å². The Kier molecular flexibility index (Phi) is 12.2. The summed E-state index contributed by atoms with van der Waals surface area (Å²) in [5.74, 6) is 1.10. The monoisotopic (exact) mass is 402 g/mol. The molecule has 4 nitrogen and oxygen atoms in total. The van der Waals surface area contributed by atoms with Gasteiger partial charge in [-0.3, -0.25) is 0 Å². The maximum Gasteiger partial charge on any atom is 1.00 e. The SMILES string of the molecule is CCCCCCCCSC(=O)Oc1cc(Cl)nnc1-c1ccccc1.[H-].[Na+]. The van der Waals surface area contributed by atoms with Crippen molar-refractivity contribution >= 4 is 28.7 Å². The van der Waals surface area contributed by atoms with Gasteiger partial charge in [-0.1, -0.05) is 81.0 Å². The number of aromatic nitrogens is 2. The molecule has 0 aliphatic rings. The number of carbonyl (C=O) groups excluding carboxylic acids is 1. The van der Waals surface area contributed by atoms with Crippen molar-refractivity contribution in [3.05, 3.63) is 41.6 Å². The van der Waals surface area contributed by atoms with E-state index in [1.165, 1.54) is 43.5 Å². The van der Waals surface area contributed by atoms with Crippen LogP contribution in [0.4, 0.5) is 4.79 Å². The van der Waals surface area contributed by atoms with Crippen LogP contribution in [0, 0.1) is 0 Å². The zero-order chi connectivity index (χ0) is 17.9. The largest absolute Gasteiger partial charge is 1.00 e. The number of benzene rings is 1. The first kappa shape index (κ1) is 23.4. The first-order valence-electron chi connectivity index (χ1n) is 8.64. The molecule has 0 atom stereocenters. The number of carbonyl (C=O) groups is 1. The van der Waals surface area contributed by atoms with Crippen LogP contribution in [0.5, 0.6) is 5.75 Å². The number of thioether (sulfide) groups is 1. The first-order chi connectivity index (χ1) is 12.2. The molecule has 0 N–H and O–H groups in total. The van der Waals surface area contributed by atoms with Gasteiger partial charge in [-0.15, -0.1) is 10.2 Å². The zero-order valence-electron chi connectivity index (χ0n) is 16.4. The zero-order valence-corrected chi connectivity index (χ0v) is 19.0. The van der Waals surface area contributed by atoms with Crippen LogP contribution < -0.4 is 34.3 Å².